The average molecular weight is 150 g/mol. The number of anilines is 1. The second kappa shape index (κ2) is 3.37. The Morgan fingerprint density at radius 1 is 1.36 bits per heavy atom. The summed E-state index contributed by atoms with van der Waals surface area (Å²) in [5.74, 6) is 1.44. The highest BCUT2D eigenvalue weighted by molar-refractivity contribution is 5.34. The molecule has 1 rings (SSSR count). The number of nitrogens with one attached hydrogen (secondary N) is 1. The molecule has 0 spiro atoms. The zero-order valence-corrected chi connectivity index (χ0v) is 7.26. The molecule has 1 heterocycles. The summed E-state index contributed by atoms with van der Waals surface area (Å²) in [7, 11) is 1.88. The van der Waals surface area contributed by atoms with E-state index < -0.39 is 0 Å². The van der Waals surface area contributed by atoms with E-state index in [0.29, 0.717) is 5.92 Å². The first-order chi connectivity index (χ1) is 5.24. The van der Waals surface area contributed by atoms with Gasteiger partial charge in [-0.05, 0) is 18.1 Å². The van der Waals surface area contributed by atoms with Crippen molar-refractivity contribution in [3.05, 3.63) is 23.9 Å². The van der Waals surface area contributed by atoms with E-state index in [0.717, 1.165) is 11.5 Å². The number of rotatable bonds is 2. The molecular weight excluding hydrogens is 136 g/mol. The van der Waals surface area contributed by atoms with Crippen LogP contribution in [0.3, 0.4) is 0 Å². The fourth-order valence-electron chi connectivity index (χ4n) is 0.912. The topological polar surface area (TPSA) is 24.9 Å². The lowest BCUT2D eigenvalue weighted by Crippen LogP contribution is -1.97. The van der Waals surface area contributed by atoms with Crippen LogP contribution in [0.25, 0.3) is 0 Å². The summed E-state index contributed by atoms with van der Waals surface area (Å²) in [6.45, 7) is 4.28. The molecule has 0 saturated carbocycles. The Bertz CT molecular complexity index is 231. The first kappa shape index (κ1) is 8.05. The summed E-state index contributed by atoms with van der Waals surface area (Å²) in [4.78, 5) is 4.38. The van der Waals surface area contributed by atoms with Crippen LogP contribution in [0.5, 0.6) is 0 Å². The van der Waals surface area contributed by atoms with Gasteiger partial charge in [0.2, 0.25) is 0 Å². The van der Waals surface area contributed by atoms with E-state index >= 15 is 0 Å². The number of hydrogen-bond donors (Lipinski definition) is 1. The molecule has 0 aliphatic carbocycles. The third-order valence-corrected chi connectivity index (χ3v) is 1.62. The van der Waals surface area contributed by atoms with Crippen molar-refractivity contribution >= 4 is 5.82 Å². The lowest BCUT2D eigenvalue weighted by Gasteiger charge is -2.05. The van der Waals surface area contributed by atoms with Gasteiger partial charge in [0.05, 0.1) is 0 Å². The molecule has 0 bridgehead atoms. The standard InChI is InChI=1S/C9H14N2/c1-7(2)8-5-4-6-9(10-3)11-8/h4-7H,1-3H3,(H,10,11). The van der Waals surface area contributed by atoms with Crippen molar-refractivity contribution in [3.8, 4) is 0 Å². The van der Waals surface area contributed by atoms with Crippen molar-refractivity contribution in [1.82, 2.24) is 4.98 Å². The summed E-state index contributed by atoms with van der Waals surface area (Å²) in [5.41, 5.74) is 1.14. The number of pyridine rings is 1. The summed E-state index contributed by atoms with van der Waals surface area (Å²) < 4.78 is 0. The molecule has 2 nitrogen and oxygen atoms in total. The van der Waals surface area contributed by atoms with Crippen molar-refractivity contribution in [2.75, 3.05) is 12.4 Å². The lowest BCUT2D eigenvalue weighted by molar-refractivity contribution is 0.824. The van der Waals surface area contributed by atoms with Crippen molar-refractivity contribution in [2.45, 2.75) is 19.8 Å². The predicted octanol–water partition coefficient (Wildman–Crippen LogP) is 2.25. The molecular formula is C9H14N2. The Kier molecular flexibility index (Phi) is 2.47. The van der Waals surface area contributed by atoms with E-state index in [9.17, 15) is 0 Å². The van der Waals surface area contributed by atoms with Crippen molar-refractivity contribution in [1.29, 1.82) is 0 Å². The number of hydrogen-bond acceptors (Lipinski definition) is 2. The van der Waals surface area contributed by atoms with E-state index in [1.807, 2.05) is 25.2 Å². The van der Waals surface area contributed by atoms with Crippen LogP contribution in [0.15, 0.2) is 18.2 Å². The number of nitrogens with zero attached hydrogens (tertiary/aromatic N) is 1. The predicted molar refractivity (Wildman–Crippen MR) is 47.9 cm³/mol. The van der Waals surface area contributed by atoms with Gasteiger partial charge in [0.1, 0.15) is 5.82 Å². The van der Waals surface area contributed by atoms with Crippen LogP contribution < -0.4 is 5.32 Å². The molecule has 0 aliphatic rings. The molecule has 0 saturated heterocycles. The first-order valence-corrected chi connectivity index (χ1v) is 3.88. The van der Waals surface area contributed by atoms with Gasteiger partial charge in [-0.15, -0.1) is 0 Å². The van der Waals surface area contributed by atoms with E-state index in [-0.39, 0.29) is 0 Å². The van der Waals surface area contributed by atoms with Crippen molar-refractivity contribution in [2.24, 2.45) is 0 Å². The smallest absolute Gasteiger partial charge is 0.125 e. The molecule has 1 N–H and O–H groups in total. The van der Waals surface area contributed by atoms with Crippen molar-refractivity contribution < 1.29 is 0 Å². The maximum absolute atomic E-state index is 4.38. The Morgan fingerprint density at radius 3 is 2.64 bits per heavy atom. The van der Waals surface area contributed by atoms with E-state index in [1.165, 1.54) is 0 Å². The van der Waals surface area contributed by atoms with Gasteiger partial charge in [-0.2, -0.15) is 0 Å². The molecule has 11 heavy (non-hydrogen) atoms. The van der Waals surface area contributed by atoms with E-state index in [1.54, 1.807) is 0 Å². The molecule has 1 aromatic rings. The third kappa shape index (κ3) is 1.93. The fourth-order valence-corrected chi connectivity index (χ4v) is 0.912. The zero-order chi connectivity index (χ0) is 8.27. The Morgan fingerprint density at radius 2 is 2.09 bits per heavy atom. The fraction of sp³-hybridized carbons (Fsp3) is 0.444. The molecule has 1 aromatic heterocycles. The molecule has 0 aromatic carbocycles. The highest BCUT2D eigenvalue weighted by Crippen LogP contribution is 2.12. The summed E-state index contributed by atoms with van der Waals surface area (Å²) in [6, 6.07) is 6.03. The van der Waals surface area contributed by atoms with Crippen LogP contribution in [-0.2, 0) is 0 Å². The zero-order valence-electron chi connectivity index (χ0n) is 7.26. The van der Waals surface area contributed by atoms with Gasteiger partial charge in [-0.3, -0.25) is 0 Å². The Hall–Kier alpha value is -1.05. The monoisotopic (exact) mass is 150 g/mol. The van der Waals surface area contributed by atoms with Gasteiger partial charge in [0, 0.05) is 12.7 Å². The van der Waals surface area contributed by atoms with Gasteiger partial charge < -0.3 is 5.32 Å². The maximum Gasteiger partial charge on any atom is 0.125 e. The van der Waals surface area contributed by atoms with Gasteiger partial charge in [0.25, 0.3) is 0 Å². The second-order valence-corrected chi connectivity index (χ2v) is 2.85. The van der Waals surface area contributed by atoms with Gasteiger partial charge >= 0.3 is 0 Å². The minimum atomic E-state index is 0.503. The van der Waals surface area contributed by atoms with Crippen LogP contribution in [0.2, 0.25) is 0 Å². The average Bonchev–Trinajstić information content (AvgIpc) is 2.05. The normalized spacial score (nSPS) is 10.2. The molecule has 60 valence electrons. The van der Waals surface area contributed by atoms with Crippen LogP contribution in [0.1, 0.15) is 25.5 Å². The van der Waals surface area contributed by atoms with Gasteiger partial charge in [-0.25, -0.2) is 4.98 Å². The molecule has 0 atom stereocenters. The first-order valence-electron chi connectivity index (χ1n) is 3.88. The molecule has 0 fully saturated rings. The molecule has 0 unspecified atom stereocenters. The van der Waals surface area contributed by atoms with E-state index in [4.69, 9.17) is 0 Å². The van der Waals surface area contributed by atoms with Gasteiger partial charge in [0.15, 0.2) is 0 Å². The molecule has 0 radical (unpaired) electrons. The summed E-state index contributed by atoms with van der Waals surface area (Å²) in [5, 5.41) is 3.01. The number of aromatic nitrogens is 1. The van der Waals surface area contributed by atoms with Crippen LogP contribution in [0.4, 0.5) is 5.82 Å². The van der Waals surface area contributed by atoms with Crippen molar-refractivity contribution in [3.63, 3.8) is 0 Å². The molecule has 0 amide bonds. The largest absolute Gasteiger partial charge is 0.373 e. The molecule has 2 heteroatoms. The highest BCUT2D eigenvalue weighted by Gasteiger charge is 1.99. The minimum absolute atomic E-state index is 0.503. The lowest BCUT2D eigenvalue weighted by atomic mass is 10.1. The Balaban J connectivity index is 2.91. The van der Waals surface area contributed by atoms with E-state index in [2.05, 4.69) is 24.1 Å². The molecule has 0 aliphatic heterocycles. The highest BCUT2D eigenvalue weighted by atomic mass is 15.0. The Labute approximate surface area is 67.7 Å². The second-order valence-electron chi connectivity index (χ2n) is 2.85. The minimum Gasteiger partial charge on any atom is -0.373 e. The maximum atomic E-state index is 4.38. The summed E-state index contributed by atoms with van der Waals surface area (Å²) >= 11 is 0. The summed E-state index contributed by atoms with van der Waals surface area (Å²) in [6.07, 6.45) is 0. The third-order valence-electron chi connectivity index (χ3n) is 1.62. The van der Waals surface area contributed by atoms with Crippen LogP contribution >= 0.6 is 0 Å². The quantitative estimate of drug-likeness (QED) is 0.699. The SMILES string of the molecule is CNc1cccc(C(C)C)n1. The van der Waals surface area contributed by atoms with Gasteiger partial charge in [-0.1, -0.05) is 19.9 Å². The van der Waals surface area contributed by atoms with Crippen LogP contribution in [-0.4, -0.2) is 12.0 Å². The van der Waals surface area contributed by atoms with Crippen LogP contribution in [0, 0.1) is 0 Å².